The number of amides is 1. The largest absolute Gasteiger partial charge is 0.372 e. The van der Waals surface area contributed by atoms with Gasteiger partial charge in [-0.15, -0.1) is 0 Å². The number of nitrogens with zero attached hydrogens (tertiary/aromatic N) is 3. The lowest BCUT2D eigenvalue weighted by Gasteiger charge is -2.14. The molecule has 96 valence electrons. The first-order valence-corrected chi connectivity index (χ1v) is 6.14. The average Bonchev–Trinajstić information content (AvgIpc) is 2.90. The quantitative estimate of drug-likeness (QED) is 0.885. The van der Waals surface area contributed by atoms with Crippen LogP contribution in [-0.4, -0.2) is 27.8 Å². The number of fused-ring (bicyclic) bond motifs is 1. The topological polar surface area (TPSA) is 58.1 Å². The molecule has 0 saturated carbocycles. The van der Waals surface area contributed by atoms with Crippen molar-refractivity contribution in [3.63, 3.8) is 0 Å². The van der Waals surface area contributed by atoms with Gasteiger partial charge in [0, 0.05) is 20.1 Å². The second-order valence-corrected chi connectivity index (χ2v) is 4.47. The maximum atomic E-state index is 12.4. The van der Waals surface area contributed by atoms with Gasteiger partial charge in [-0.2, -0.15) is 0 Å². The molecule has 0 radical (unpaired) electrons. The van der Waals surface area contributed by atoms with Crippen LogP contribution in [0.15, 0.2) is 36.7 Å². The highest BCUT2D eigenvalue weighted by molar-refractivity contribution is 5.92. The molecule has 1 amide bonds. The van der Waals surface area contributed by atoms with E-state index in [2.05, 4.69) is 27.4 Å². The van der Waals surface area contributed by atoms with Gasteiger partial charge in [0.05, 0.1) is 12.4 Å². The van der Waals surface area contributed by atoms with E-state index < -0.39 is 0 Å². The molecule has 2 aromatic rings. The lowest BCUT2D eigenvalue weighted by atomic mass is 10.1. The van der Waals surface area contributed by atoms with Crippen LogP contribution in [0.1, 0.15) is 21.6 Å². The van der Waals surface area contributed by atoms with Crippen molar-refractivity contribution in [1.29, 1.82) is 0 Å². The van der Waals surface area contributed by atoms with Crippen LogP contribution in [0.5, 0.6) is 0 Å². The monoisotopic (exact) mass is 254 g/mol. The predicted molar refractivity (Wildman–Crippen MR) is 71.6 cm³/mol. The maximum absolute atomic E-state index is 12.4. The molecule has 19 heavy (non-hydrogen) atoms. The number of anilines is 1. The Morgan fingerprint density at radius 3 is 2.53 bits per heavy atom. The van der Waals surface area contributed by atoms with Gasteiger partial charge in [0.2, 0.25) is 0 Å². The van der Waals surface area contributed by atoms with E-state index in [1.165, 1.54) is 17.3 Å². The van der Waals surface area contributed by atoms with Crippen molar-refractivity contribution >= 4 is 11.7 Å². The van der Waals surface area contributed by atoms with Crippen LogP contribution in [0.25, 0.3) is 0 Å². The molecule has 0 fully saturated rings. The molecule has 3 rings (SSSR count). The number of hydrogen-bond donors (Lipinski definition) is 1. The molecule has 2 heterocycles. The van der Waals surface area contributed by atoms with Gasteiger partial charge in [-0.05, 0) is 11.1 Å². The van der Waals surface area contributed by atoms with E-state index in [0.717, 1.165) is 0 Å². The van der Waals surface area contributed by atoms with E-state index in [-0.39, 0.29) is 5.91 Å². The third-order valence-electron chi connectivity index (χ3n) is 3.24. The molecule has 0 atom stereocenters. The van der Waals surface area contributed by atoms with Gasteiger partial charge in [-0.25, -0.2) is 4.98 Å². The van der Waals surface area contributed by atoms with Gasteiger partial charge >= 0.3 is 0 Å². The van der Waals surface area contributed by atoms with Gasteiger partial charge in [0.25, 0.3) is 5.91 Å². The Hall–Kier alpha value is -2.43. The minimum absolute atomic E-state index is 0.0826. The number of carbonyl (C=O) groups excluding carboxylic acids is 1. The number of carbonyl (C=O) groups is 1. The molecule has 1 aliphatic heterocycles. The van der Waals surface area contributed by atoms with Crippen LogP contribution in [0, 0.1) is 0 Å². The highest BCUT2D eigenvalue weighted by atomic mass is 16.2. The summed E-state index contributed by atoms with van der Waals surface area (Å²) in [6.07, 6.45) is 3.10. The van der Waals surface area contributed by atoms with E-state index in [9.17, 15) is 4.79 Å². The summed E-state index contributed by atoms with van der Waals surface area (Å²) < 4.78 is 0. The average molecular weight is 254 g/mol. The molecule has 0 spiro atoms. The van der Waals surface area contributed by atoms with Crippen LogP contribution in [0.2, 0.25) is 0 Å². The lowest BCUT2D eigenvalue weighted by molar-refractivity contribution is 0.0745. The molecule has 1 aliphatic rings. The van der Waals surface area contributed by atoms with E-state index in [4.69, 9.17) is 0 Å². The summed E-state index contributed by atoms with van der Waals surface area (Å²) in [5.41, 5.74) is 2.78. The molecule has 5 heteroatoms. The first-order valence-electron chi connectivity index (χ1n) is 6.14. The number of aromatic nitrogens is 2. The first kappa shape index (κ1) is 11.6. The van der Waals surface area contributed by atoms with Crippen molar-refractivity contribution in [3.05, 3.63) is 53.5 Å². The normalized spacial score (nSPS) is 13.2. The smallest absolute Gasteiger partial charge is 0.274 e. The van der Waals surface area contributed by atoms with Crippen LogP contribution >= 0.6 is 0 Å². The second-order valence-electron chi connectivity index (χ2n) is 4.47. The highest BCUT2D eigenvalue weighted by Gasteiger charge is 2.24. The first-order chi connectivity index (χ1) is 9.28. The summed E-state index contributed by atoms with van der Waals surface area (Å²) in [4.78, 5) is 22.4. The van der Waals surface area contributed by atoms with E-state index in [1.54, 1.807) is 18.1 Å². The molecule has 0 bridgehead atoms. The summed E-state index contributed by atoms with van der Waals surface area (Å²) in [5, 5.41) is 2.89. The van der Waals surface area contributed by atoms with Crippen molar-refractivity contribution in [2.45, 2.75) is 13.1 Å². The number of nitrogens with one attached hydrogen (secondary N) is 1. The Morgan fingerprint density at radius 2 is 1.89 bits per heavy atom. The predicted octanol–water partition coefficient (Wildman–Crippen LogP) is 1.67. The third kappa shape index (κ3) is 2.14. The third-order valence-corrected chi connectivity index (χ3v) is 3.24. The molecule has 0 unspecified atom stereocenters. The van der Waals surface area contributed by atoms with Crippen LogP contribution in [0.3, 0.4) is 0 Å². The molecule has 1 aromatic heterocycles. The SMILES string of the molecule is CNc1cncc(C(=O)N2Cc3ccccc3C2)n1. The maximum Gasteiger partial charge on any atom is 0.274 e. The Balaban J connectivity index is 1.83. The van der Waals surface area contributed by atoms with Crippen molar-refractivity contribution < 1.29 is 4.79 Å². The van der Waals surface area contributed by atoms with Crippen molar-refractivity contribution in [2.24, 2.45) is 0 Å². The highest BCUT2D eigenvalue weighted by Crippen LogP contribution is 2.23. The van der Waals surface area contributed by atoms with E-state index >= 15 is 0 Å². The van der Waals surface area contributed by atoms with Gasteiger partial charge in [-0.3, -0.25) is 9.78 Å². The van der Waals surface area contributed by atoms with Gasteiger partial charge < -0.3 is 10.2 Å². The van der Waals surface area contributed by atoms with Crippen molar-refractivity contribution in [2.75, 3.05) is 12.4 Å². The number of rotatable bonds is 2. The summed E-state index contributed by atoms with van der Waals surface area (Å²) in [6.45, 7) is 1.28. The summed E-state index contributed by atoms with van der Waals surface area (Å²) >= 11 is 0. The van der Waals surface area contributed by atoms with Gasteiger partial charge in [0.15, 0.2) is 0 Å². The minimum atomic E-state index is -0.0826. The molecule has 1 N–H and O–H groups in total. The van der Waals surface area contributed by atoms with E-state index in [1.807, 2.05) is 12.1 Å². The minimum Gasteiger partial charge on any atom is -0.372 e. The summed E-state index contributed by atoms with van der Waals surface area (Å²) in [5.74, 6) is 0.517. The zero-order chi connectivity index (χ0) is 13.2. The molecule has 0 saturated heterocycles. The fourth-order valence-corrected chi connectivity index (χ4v) is 2.23. The Kier molecular flexibility index (Phi) is 2.87. The molecule has 0 aliphatic carbocycles. The van der Waals surface area contributed by atoms with Gasteiger partial charge in [0.1, 0.15) is 11.5 Å². The van der Waals surface area contributed by atoms with Crippen molar-refractivity contribution in [1.82, 2.24) is 14.9 Å². The standard InChI is InChI=1S/C14H14N4O/c1-15-13-7-16-6-12(17-13)14(19)18-8-10-4-2-3-5-11(10)9-18/h2-7H,8-9H2,1H3,(H,15,17). The fraction of sp³-hybridized carbons (Fsp3) is 0.214. The van der Waals surface area contributed by atoms with Crippen LogP contribution in [0.4, 0.5) is 5.82 Å². The molecular formula is C14H14N4O. The molecule has 1 aromatic carbocycles. The zero-order valence-electron chi connectivity index (χ0n) is 10.6. The number of hydrogen-bond acceptors (Lipinski definition) is 4. The summed E-state index contributed by atoms with van der Waals surface area (Å²) in [7, 11) is 1.75. The van der Waals surface area contributed by atoms with Crippen molar-refractivity contribution in [3.8, 4) is 0 Å². The van der Waals surface area contributed by atoms with Crippen LogP contribution in [-0.2, 0) is 13.1 Å². The fourth-order valence-electron chi connectivity index (χ4n) is 2.23. The van der Waals surface area contributed by atoms with Gasteiger partial charge in [-0.1, -0.05) is 24.3 Å². The lowest BCUT2D eigenvalue weighted by Crippen LogP contribution is -2.26. The number of benzene rings is 1. The van der Waals surface area contributed by atoms with E-state index in [0.29, 0.717) is 24.6 Å². The zero-order valence-corrected chi connectivity index (χ0v) is 10.6. The summed E-state index contributed by atoms with van der Waals surface area (Å²) in [6, 6.07) is 8.10. The van der Waals surface area contributed by atoms with Crippen LogP contribution < -0.4 is 5.32 Å². The Labute approximate surface area is 111 Å². The molecular weight excluding hydrogens is 240 g/mol. The Morgan fingerprint density at radius 1 is 1.21 bits per heavy atom. The Bertz CT molecular complexity index is 601. The second kappa shape index (κ2) is 4.68. The molecule has 5 nitrogen and oxygen atoms in total.